The number of fused-ring (bicyclic) bond motifs is 1. The van der Waals surface area contributed by atoms with E-state index in [0.29, 0.717) is 25.0 Å². The van der Waals surface area contributed by atoms with E-state index in [1.165, 1.54) is 0 Å². The minimum absolute atomic E-state index is 0.0587. The average Bonchev–Trinajstić information content (AvgIpc) is 3.61. The van der Waals surface area contributed by atoms with E-state index in [1.54, 1.807) is 25.4 Å². The lowest BCUT2D eigenvalue weighted by atomic mass is 9.79. The number of hydrogen-bond acceptors (Lipinski definition) is 6. The van der Waals surface area contributed by atoms with Crippen molar-refractivity contribution in [3.05, 3.63) is 42.2 Å². The Hall–Kier alpha value is -3.00. The third-order valence-electron chi connectivity index (χ3n) is 6.66. The molecular weight excluding hydrogens is 392 g/mol. The van der Waals surface area contributed by atoms with Crippen LogP contribution in [0.4, 0.5) is 17.3 Å². The Labute approximate surface area is 182 Å². The lowest BCUT2D eigenvalue weighted by molar-refractivity contribution is -0.119. The lowest BCUT2D eigenvalue weighted by Gasteiger charge is -2.46. The fourth-order valence-electron chi connectivity index (χ4n) is 5.11. The second kappa shape index (κ2) is 7.92. The fourth-order valence-corrected chi connectivity index (χ4v) is 5.11. The molecule has 1 saturated heterocycles. The highest BCUT2D eigenvalue weighted by Gasteiger charge is 2.47. The van der Waals surface area contributed by atoms with Gasteiger partial charge in [-0.1, -0.05) is 6.92 Å². The van der Waals surface area contributed by atoms with Crippen molar-refractivity contribution in [2.24, 2.45) is 11.8 Å². The maximum Gasteiger partial charge on any atom is 0.240 e. The molecule has 8 heteroatoms. The van der Waals surface area contributed by atoms with E-state index in [4.69, 9.17) is 0 Å². The molecule has 2 N–H and O–H groups in total. The second-order valence-corrected chi connectivity index (χ2v) is 8.74. The van der Waals surface area contributed by atoms with Crippen LogP contribution in [-0.2, 0) is 9.59 Å². The number of anilines is 3. The Morgan fingerprint density at radius 3 is 2.68 bits per heavy atom. The summed E-state index contributed by atoms with van der Waals surface area (Å²) in [5, 5.41) is 6.64. The molecule has 3 aliphatic rings. The highest BCUT2D eigenvalue weighted by atomic mass is 16.2. The Balaban J connectivity index is 1.60. The molecule has 0 bridgehead atoms. The van der Waals surface area contributed by atoms with E-state index in [0.717, 1.165) is 36.3 Å². The van der Waals surface area contributed by atoms with E-state index in [9.17, 15) is 9.59 Å². The van der Waals surface area contributed by atoms with Crippen LogP contribution in [0.5, 0.6) is 0 Å². The molecule has 162 valence electrons. The number of nitrogens with one attached hydrogen (secondary N) is 2. The molecule has 31 heavy (non-hydrogen) atoms. The first-order valence-electron chi connectivity index (χ1n) is 11.0. The van der Waals surface area contributed by atoms with Gasteiger partial charge >= 0.3 is 0 Å². The molecule has 3 heterocycles. The smallest absolute Gasteiger partial charge is 0.240 e. The Morgan fingerprint density at radius 1 is 1.23 bits per heavy atom. The number of carbonyl (C=O) groups excluding carboxylic acids is 2. The third-order valence-corrected chi connectivity index (χ3v) is 6.66. The predicted octanol–water partition coefficient (Wildman–Crippen LogP) is 2.35. The van der Waals surface area contributed by atoms with Crippen molar-refractivity contribution in [1.82, 2.24) is 15.3 Å². The summed E-state index contributed by atoms with van der Waals surface area (Å²) in [5.74, 6) is 1.37. The van der Waals surface area contributed by atoms with E-state index >= 15 is 0 Å². The zero-order chi connectivity index (χ0) is 21.5. The van der Waals surface area contributed by atoms with Gasteiger partial charge in [0, 0.05) is 61.3 Å². The number of benzene rings is 1. The first kappa shape index (κ1) is 19.9. The quantitative estimate of drug-likeness (QED) is 0.789. The van der Waals surface area contributed by atoms with Gasteiger partial charge in [-0.3, -0.25) is 9.59 Å². The normalized spacial score (nSPS) is 25.9. The number of aromatic nitrogens is 2. The van der Waals surface area contributed by atoms with Gasteiger partial charge in [0.2, 0.25) is 17.8 Å². The molecule has 2 amide bonds. The van der Waals surface area contributed by atoms with Crippen LogP contribution in [0.2, 0.25) is 0 Å². The van der Waals surface area contributed by atoms with E-state index in [1.807, 2.05) is 21.9 Å². The van der Waals surface area contributed by atoms with Crippen molar-refractivity contribution in [3.8, 4) is 0 Å². The highest BCUT2D eigenvalue weighted by molar-refractivity contribution is 5.98. The van der Waals surface area contributed by atoms with Gasteiger partial charge in [0.25, 0.3) is 0 Å². The molecule has 2 aliphatic heterocycles. The largest absolute Gasteiger partial charge is 0.347 e. The van der Waals surface area contributed by atoms with Crippen LogP contribution >= 0.6 is 0 Å². The molecule has 1 saturated carbocycles. The van der Waals surface area contributed by atoms with Crippen molar-refractivity contribution >= 4 is 29.1 Å². The minimum atomic E-state index is -0.0587. The summed E-state index contributed by atoms with van der Waals surface area (Å²) in [6.07, 6.45) is 5.74. The van der Waals surface area contributed by atoms with Gasteiger partial charge in [-0.25, -0.2) is 9.97 Å². The molecule has 2 aromatic rings. The van der Waals surface area contributed by atoms with Crippen LogP contribution < -0.4 is 20.4 Å². The average molecular weight is 421 g/mol. The summed E-state index contributed by atoms with van der Waals surface area (Å²) in [4.78, 5) is 37.8. The molecule has 0 spiro atoms. The minimum Gasteiger partial charge on any atom is -0.347 e. The van der Waals surface area contributed by atoms with Crippen LogP contribution in [0, 0.1) is 11.8 Å². The van der Waals surface area contributed by atoms with Crippen LogP contribution in [0.25, 0.3) is 0 Å². The van der Waals surface area contributed by atoms with Gasteiger partial charge in [0.05, 0.1) is 12.6 Å². The first-order valence-corrected chi connectivity index (χ1v) is 11.0. The summed E-state index contributed by atoms with van der Waals surface area (Å²) in [6.45, 7) is 5.59. The fraction of sp³-hybridized carbons (Fsp3) is 0.478. The van der Waals surface area contributed by atoms with E-state index in [2.05, 4.69) is 33.6 Å². The summed E-state index contributed by atoms with van der Waals surface area (Å²) in [5.41, 5.74) is 2.80. The third kappa shape index (κ3) is 3.65. The molecule has 0 unspecified atom stereocenters. The molecule has 5 rings (SSSR count). The summed E-state index contributed by atoms with van der Waals surface area (Å²) >= 11 is 0. The second-order valence-electron chi connectivity index (χ2n) is 8.74. The Kier molecular flexibility index (Phi) is 5.09. The van der Waals surface area contributed by atoms with Gasteiger partial charge in [0.1, 0.15) is 0 Å². The van der Waals surface area contributed by atoms with Crippen LogP contribution in [0.15, 0.2) is 36.7 Å². The van der Waals surface area contributed by atoms with Gasteiger partial charge in [-0.2, -0.15) is 0 Å². The summed E-state index contributed by atoms with van der Waals surface area (Å²) < 4.78 is 0. The maximum absolute atomic E-state index is 12.8. The summed E-state index contributed by atoms with van der Waals surface area (Å²) in [6, 6.07) is 7.91. The summed E-state index contributed by atoms with van der Waals surface area (Å²) in [7, 11) is 0. The molecule has 1 aromatic heterocycles. The SMILES string of the molecule is CC(=O)N1c2ccc(N3CCNCC3=O)cc2[C@H](Nc2ncccn2)[C@@H](C)[C@@H]1C1CC1. The number of piperazine rings is 1. The van der Waals surface area contributed by atoms with Crippen molar-refractivity contribution in [3.63, 3.8) is 0 Å². The number of hydrogen-bond donors (Lipinski definition) is 2. The van der Waals surface area contributed by atoms with Crippen LogP contribution in [-0.4, -0.2) is 47.5 Å². The van der Waals surface area contributed by atoms with E-state index in [-0.39, 0.29) is 29.8 Å². The molecule has 1 aliphatic carbocycles. The number of amides is 2. The number of nitrogens with zero attached hydrogens (tertiary/aromatic N) is 4. The van der Waals surface area contributed by atoms with Gasteiger partial charge < -0.3 is 20.4 Å². The van der Waals surface area contributed by atoms with Gasteiger partial charge in [-0.05, 0) is 43.0 Å². The topological polar surface area (TPSA) is 90.5 Å². The predicted molar refractivity (Wildman–Crippen MR) is 119 cm³/mol. The molecule has 8 nitrogen and oxygen atoms in total. The van der Waals surface area contributed by atoms with Crippen molar-refractivity contribution < 1.29 is 9.59 Å². The number of rotatable bonds is 4. The lowest BCUT2D eigenvalue weighted by Crippen LogP contribution is -2.51. The molecule has 3 atom stereocenters. The maximum atomic E-state index is 12.8. The molecule has 1 aromatic carbocycles. The van der Waals surface area contributed by atoms with Crippen molar-refractivity contribution in [1.29, 1.82) is 0 Å². The zero-order valence-electron chi connectivity index (χ0n) is 17.9. The van der Waals surface area contributed by atoms with Gasteiger partial charge in [-0.15, -0.1) is 0 Å². The highest BCUT2D eigenvalue weighted by Crippen LogP contribution is 2.50. The Morgan fingerprint density at radius 2 is 2.00 bits per heavy atom. The molecular formula is C23H28N6O2. The zero-order valence-corrected chi connectivity index (χ0v) is 17.9. The van der Waals surface area contributed by atoms with Crippen LogP contribution in [0.3, 0.4) is 0 Å². The first-order chi connectivity index (χ1) is 15.0. The number of carbonyl (C=O) groups is 2. The molecule has 0 radical (unpaired) electrons. The van der Waals surface area contributed by atoms with Crippen molar-refractivity contribution in [2.75, 3.05) is 34.8 Å². The van der Waals surface area contributed by atoms with E-state index < -0.39 is 0 Å². The monoisotopic (exact) mass is 420 g/mol. The van der Waals surface area contributed by atoms with Crippen LogP contribution in [0.1, 0.15) is 38.3 Å². The van der Waals surface area contributed by atoms with Crippen molar-refractivity contribution in [2.45, 2.75) is 38.8 Å². The molecule has 2 fully saturated rings. The Bertz CT molecular complexity index is 993. The van der Waals surface area contributed by atoms with Gasteiger partial charge in [0.15, 0.2) is 0 Å². The standard InChI is InChI=1S/C23H28N6O2/c1-14-21(27-23-25-8-3-9-26-23)18-12-17(28-11-10-24-13-20(28)31)6-7-19(18)29(15(2)30)22(14)16-4-5-16/h3,6-9,12,14,16,21-22,24H,4-5,10-11,13H2,1-2H3,(H,25,26,27)/t14-,21-,22-/m1/s1.